The van der Waals surface area contributed by atoms with Crippen LogP contribution in [0, 0.1) is 23.7 Å². The lowest BCUT2D eigenvalue weighted by Crippen LogP contribution is -2.18. The molecule has 0 heteroatoms. The highest BCUT2D eigenvalue weighted by atomic mass is 14.5. The van der Waals surface area contributed by atoms with Gasteiger partial charge in [-0.05, 0) is 49.4 Å². The molecule has 3 rings (SSSR count). The smallest absolute Gasteiger partial charge is 0.0199 e. The molecule has 0 heterocycles. The summed E-state index contributed by atoms with van der Waals surface area (Å²) in [6, 6.07) is 0. The van der Waals surface area contributed by atoms with E-state index >= 15 is 0 Å². The SMILES string of the molecule is C1=CC2CC1C1CCC2C1. The Kier molecular flexibility index (Phi) is 0.898. The van der Waals surface area contributed by atoms with Gasteiger partial charge >= 0.3 is 0 Å². The second kappa shape index (κ2) is 1.66. The number of hydrogen-bond acceptors (Lipinski definition) is 0. The van der Waals surface area contributed by atoms with Crippen molar-refractivity contribution < 1.29 is 0 Å². The van der Waals surface area contributed by atoms with Crippen LogP contribution in [-0.2, 0) is 0 Å². The first-order valence-corrected chi connectivity index (χ1v) is 4.62. The van der Waals surface area contributed by atoms with Gasteiger partial charge in [-0.3, -0.25) is 0 Å². The summed E-state index contributed by atoms with van der Waals surface area (Å²) >= 11 is 0. The van der Waals surface area contributed by atoms with E-state index in [1.54, 1.807) is 6.42 Å². The van der Waals surface area contributed by atoms with E-state index in [4.69, 9.17) is 0 Å². The molecule has 0 spiro atoms. The van der Waals surface area contributed by atoms with E-state index in [1.165, 1.54) is 19.3 Å². The Morgan fingerprint density at radius 2 is 1.40 bits per heavy atom. The second-order valence-electron chi connectivity index (χ2n) is 4.28. The van der Waals surface area contributed by atoms with Crippen LogP contribution in [0.25, 0.3) is 0 Å². The lowest BCUT2D eigenvalue weighted by Gasteiger charge is -2.26. The Hall–Kier alpha value is -0.260. The van der Waals surface area contributed by atoms with E-state index in [1.807, 2.05) is 0 Å². The van der Waals surface area contributed by atoms with E-state index in [-0.39, 0.29) is 0 Å². The lowest BCUT2D eigenvalue weighted by molar-refractivity contribution is 0.262. The fourth-order valence-electron chi connectivity index (χ4n) is 3.29. The quantitative estimate of drug-likeness (QED) is 0.447. The molecule has 0 radical (unpaired) electrons. The zero-order chi connectivity index (χ0) is 6.55. The summed E-state index contributed by atoms with van der Waals surface area (Å²) < 4.78 is 0. The lowest BCUT2D eigenvalue weighted by atomic mass is 9.79. The van der Waals surface area contributed by atoms with Gasteiger partial charge in [-0.15, -0.1) is 0 Å². The predicted molar refractivity (Wildman–Crippen MR) is 41.6 cm³/mol. The molecular weight excluding hydrogens is 120 g/mol. The fourth-order valence-corrected chi connectivity index (χ4v) is 3.29. The molecule has 4 bridgehead atoms. The van der Waals surface area contributed by atoms with Gasteiger partial charge in [-0.2, -0.15) is 0 Å². The molecule has 10 heavy (non-hydrogen) atoms. The number of fused-ring (bicyclic) bond motifs is 6. The van der Waals surface area contributed by atoms with Crippen LogP contribution in [0.3, 0.4) is 0 Å². The van der Waals surface area contributed by atoms with Crippen LogP contribution in [-0.4, -0.2) is 0 Å². The molecule has 0 aromatic rings. The van der Waals surface area contributed by atoms with Crippen molar-refractivity contribution in [1.29, 1.82) is 0 Å². The van der Waals surface area contributed by atoms with Crippen LogP contribution < -0.4 is 0 Å². The summed E-state index contributed by atoms with van der Waals surface area (Å²) in [5.74, 6) is 4.20. The van der Waals surface area contributed by atoms with Gasteiger partial charge in [-0.1, -0.05) is 12.2 Å². The van der Waals surface area contributed by atoms with Crippen molar-refractivity contribution in [1.82, 2.24) is 0 Å². The molecule has 0 aromatic carbocycles. The van der Waals surface area contributed by atoms with E-state index in [2.05, 4.69) is 12.2 Å². The molecule has 0 nitrogen and oxygen atoms in total. The van der Waals surface area contributed by atoms with Gasteiger partial charge in [0.15, 0.2) is 0 Å². The van der Waals surface area contributed by atoms with Crippen LogP contribution in [0.5, 0.6) is 0 Å². The highest BCUT2D eigenvalue weighted by Crippen LogP contribution is 2.52. The maximum absolute atomic E-state index is 2.49. The minimum atomic E-state index is 1.00. The second-order valence-corrected chi connectivity index (χ2v) is 4.28. The average Bonchev–Trinajstić information content (AvgIpc) is 2.41. The predicted octanol–water partition coefficient (Wildman–Crippen LogP) is 2.61. The molecule has 4 unspecified atom stereocenters. The molecule has 54 valence electrons. The van der Waals surface area contributed by atoms with Crippen molar-refractivity contribution in [3.63, 3.8) is 0 Å². The van der Waals surface area contributed by atoms with Crippen molar-refractivity contribution in [3.8, 4) is 0 Å². The number of rotatable bonds is 0. The largest absolute Gasteiger partial charge is 0.0848 e. The van der Waals surface area contributed by atoms with Crippen molar-refractivity contribution in [3.05, 3.63) is 12.2 Å². The van der Waals surface area contributed by atoms with Gasteiger partial charge in [0.1, 0.15) is 0 Å². The average molecular weight is 134 g/mol. The van der Waals surface area contributed by atoms with Gasteiger partial charge in [0.25, 0.3) is 0 Å². The Morgan fingerprint density at radius 1 is 0.800 bits per heavy atom. The molecule has 3 aliphatic rings. The van der Waals surface area contributed by atoms with Gasteiger partial charge in [-0.25, -0.2) is 0 Å². The van der Waals surface area contributed by atoms with E-state index < -0.39 is 0 Å². The van der Waals surface area contributed by atoms with Crippen LogP contribution in [0.4, 0.5) is 0 Å². The molecule has 0 N–H and O–H groups in total. The molecule has 0 aromatic heterocycles. The Balaban J connectivity index is 2.01. The molecule has 4 atom stereocenters. The van der Waals surface area contributed by atoms with Gasteiger partial charge in [0.05, 0.1) is 0 Å². The van der Waals surface area contributed by atoms with Gasteiger partial charge in [0, 0.05) is 0 Å². The summed E-state index contributed by atoms with van der Waals surface area (Å²) in [6.45, 7) is 0. The molecule has 0 saturated heterocycles. The summed E-state index contributed by atoms with van der Waals surface area (Å²) in [5.41, 5.74) is 0. The third-order valence-corrected chi connectivity index (χ3v) is 3.87. The minimum absolute atomic E-state index is 1.00. The molecule has 0 amide bonds. The fraction of sp³-hybridized carbons (Fsp3) is 0.800. The molecule has 2 fully saturated rings. The third-order valence-electron chi connectivity index (χ3n) is 3.87. The van der Waals surface area contributed by atoms with Crippen LogP contribution in [0.15, 0.2) is 12.2 Å². The topological polar surface area (TPSA) is 0 Å². The van der Waals surface area contributed by atoms with E-state index in [9.17, 15) is 0 Å². The standard InChI is InChI=1S/C10H14/c1-2-8-5-7(1)9-3-4-10(8)6-9/h1-2,7-10H,3-6H2. The maximum Gasteiger partial charge on any atom is -0.0199 e. The minimum Gasteiger partial charge on any atom is -0.0848 e. The zero-order valence-corrected chi connectivity index (χ0v) is 6.29. The van der Waals surface area contributed by atoms with Crippen molar-refractivity contribution in [2.75, 3.05) is 0 Å². The summed E-state index contributed by atoms with van der Waals surface area (Å²) in [4.78, 5) is 0. The van der Waals surface area contributed by atoms with Gasteiger partial charge in [0.2, 0.25) is 0 Å². The third kappa shape index (κ3) is 0.531. The monoisotopic (exact) mass is 134 g/mol. The number of hydrogen-bond donors (Lipinski definition) is 0. The Morgan fingerprint density at radius 3 is 2.00 bits per heavy atom. The molecule has 3 aliphatic carbocycles. The van der Waals surface area contributed by atoms with E-state index in [0.717, 1.165) is 23.7 Å². The summed E-state index contributed by atoms with van der Waals surface area (Å²) in [6.07, 6.45) is 11.1. The van der Waals surface area contributed by atoms with Gasteiger partial charge < -0.3 is 0 Å². The molecule has 0 aliphatic heterocycles. The highest BCUT2D eigenvalue weighted by molar-refractivity contribution is 5.11. The maximum atomic E-state index is 2.49. The first-order valence-electron chi connectivity index (χ1n) is 4.62. The van der Waals surface area contributed by atoms with Crippen molar-refractivity contribution in [2.24, 2.45) is 23.7 Å². The van der Waals surface area contributed by atoms with Crippen molar-refractivity contribution in [2.45, 2.75) is 25.7 Å². The zero-order valence-electron chi connectivity index (χ0n) is 6.29. The summed E-state index contributed by atoms with van der Waals surface area (Å²) in [7, 11) is 0. The summed E-state index contributed by atoms with van der Waals surface area (Å²) in [5, 5.41) is 0. The Bertz CT molecular complexity index is 162. The van der Waals surface area contributed by atoms with Crippen LogP contribution >= 0.6 is 0 Å². The highest BCUT2D eigenvalue weighted by Gasteiger charge is 2.42. The van der Waals surface area contributed by atoms with Crippen LogP contribution in [0.2, 0.25) is 0 Å². The van der Waals surface area contributed by atoms with E-state index in [0.29, 0.717) is 0 Å². The van der Waals surface area contributed by atoms with Crippen LogP contribution in [0.1, 0.15) is 25.7 Å². The number of allylic oxidation sites excluding steroid dienone is 2. The molecule has 2 saturated carbocycles. The first-order chi connectivity index (χ1) is 4.93. The first kappa shape index (κ1) is 5.40. The normalized spacial score (nSPS) is 56.0. The molecular formula is C10H14. The van der Waals surface area contributed by atoms with Crippen molar-refractivity contribution >= 4 is 0 Å². The Labute approximate surface area is 62.3 Å².